The van der Waals surface area contributed by atoms with Crippen molar-refractivity contribution in [2.24, 2.45) is 23.4 Å². The van der Waals surface area contributed by atoms with Crippen molar-refractivity contribution >= 4 is 11.9 Å². The van der Waals surface area contributed by atoms with Crippen molar-refractivity contribution in [3.8, 4) is 0 Å². The maximum atomic E-state index is 11.9. The number of aromatic nitrogens is 2. The Morgan fingerprint density at radius 3 is 2.77 bits per heavy atom. The Kier molecular flexibility index (Phi) is 7.06. The summed E-state index contributed by atoms with van der Waals surface area (Å²) in [6, 6.07) is 0. The lowest BCUT2D eigenvalue weighted by Crippen LogP contribution is -2.41. The van der Waals surface area contributed by atoms with Gasteiger partial charge in [0.1, 0.15) is 0 Å². The van der Waals surface area contributed by atoms with E-state index >= 15 is 0 Å². The number of nitrogens with zero attached hydrogens (tertiary/aromatic N) is 4. The number of nitrogens with one attached hydrogen (secondary N) is 2. The van der Waals surface area contributed by atoms with Gasteiger partial charge in [0, 0.05) is 44.8 Å². The van der Waals surface area contributed by atoms with E-state index in [1.807, 2.05) is 38.7 Å². The van der Waals surface area contributed by atoms with Crippen molar-refractivity contribution in [3.05, 3.63) is 18.0 Å². The number of likely N-dealkylation sites (tertiary alicyclic amines) is 1. The van der Waals surface area contributed by atoms with Crippen molar-refractivity contribution in [2.75, 3.05) is 32.7 Å². The smallest absolute Gasteiger partial charge is 0.225 e. The number of amides is 1. The molecule has 1 aromatic rings. The van der Waals surface area contributed by atoms with Crippen molar-refractivity contribution in [1.29, 1.82) is 0 Å². The number of carbonyl (C=O) groups is 1. The highest BCUT2D eigenvalue weighted by molar-refractivity contribution is 5.81. The monoisotopic (exact) mass is 362 g/mol. The summed E-state index contributed by atoms with van der Waals surface area (Å²) in [6.07, 6.45) is 6.28. The van der Waals surface area contributed by atoms with E-state index in [4.69, 9.17) is 4.99 Å². The maximum absolute atomic E-state index is 11.9. The molecular weight excluding hydrogens is 328 g/mol. The summed E-state index contributed by atoms with van der Waals surface area (Å²) in [5.41, 5.74) is 0.939. The lowest BCUT2D eigenvalue weighted by Gasteiger charge is -2.22. The van der Waals surface area contributed by atoms with Gasteiger partial charge in [0.2, 0.25) is 5.91 Å². The van der Waals surface area contributed by atoms with Gasteiger partial charge < -0.3 is 15.5 Å². The van der Waals surface area contributed by atoms with E-state index in [1.165, 1.54) is 12.0 Å². The molecule has 26 heavy (non-hydrogen) atoms. The van der Waals surface area contributed by atoms with Crippen LogP contribution in [-0.2, 0) is 18.3 Å². The Bertz CT molecular complexity index is 616. The summed E-state index contributed by atoms with van der Waals surface area (Å²) in [6.45, 7) is 11.9. The summed E-state index contributed by atoms with van der Waals surface area (Å²) in [5.74, 6) is 1.64. The zero-order chi connectivity index (χ0) is 19.2. The van der Waals surface area contributed by atoms with E-state index in [2.05, 4.69) is 33.8 Å². The number of hydrogen-bond donors (Lipinski definition) is 2. The topological polar surface area (TPSA) is 74.6 Å². The van der Waals surface area contributed by atoms with Crippen LogP contribution in [0.15, 0.2) is 17.4 Å². The Morgan fingerprint density at radius 2 is 2.15 bits per heavy atom. The number of guanidine groups is 1. The van der Waals surface area contributed by atoms with E-state index in [-0.39, 0.29) is 11.3 Å². The molecule has 1 amide bonds. The fourth-order valence-corrected chi connectivity index (χ4v) is 3.12. The third-order valence-corrected chi connectivity index (χ3v) is 4.54. The lowest BCUT2D eigenvalue weighted by molar-refractivity contribution is -0.128. The molecule has 1 unspecified atom stereocenters. The normalized spacial score (nSPS) is 18.3. The van der Waals surface area contributed by atoms with Crippen molar-refractivity contribution in [2.45, 2.75) is 40.5 Å². The third-order valence-electron chi connectivity index (χ3n) is 4.54. The van der Waals surface area contributed by atoms with Crippen LogP contribution in [-0.4, -0.2) is 59.3 Å². The first-order valence-corrected chi connectivity index (χ1v) is 9.58. The van der Waals surface area contributed by atoms with Gasteiger partial charge in [-0.2, -0.15) is 5.10 Å². The molecule has 0 spiro atoms. The second-order valence-corrected chi connectivity index (χ2v) is 8.07. The largest absolute Gasteiger partial charge is 0.357 e. The molecule has 0 aliphatic carbocycles. The molecule has 1 fully saturated rings. The fraction of sp³-hybridized carbons (Fsp3) is 0.737. The Balaban J connectivity index is 1.83. The highest BCUT2D eigenvalue weighted by Crippen LogP contribution is 2.20. The molecule has 1 aliphatic rings. The fourth-order valence-electron chi connectivity index (χ4n) is 3.12. The molecular formula is C19H34N6O. The first-order chi connectivity index (χ1) is 12.3. The molecule has 7 nitrogen and oxygen atoms in total. The van der Waals surface area contributed by atoms with Crippen molar-refractivity contribution < 1.29 is 4.79 Å². The summed E-state index contributed by atoms with van der Waals surface area (Å²) in [5, 5.41) is 10.6. The van der Waals surface area contributed by atoms with Gasteiger partial charge in [0.25, 0.3) is 0 Å². The first-order valence-electron chi connectivity index (χ1n) is 9.58. The maximum Gasteiger partial charge on any atom is 0.225 e. The number of rotatable bonds is 6. The van der Waals surface area contributed by atoms with E-state index in [0.717, 1.165) is 32.0 Å². The van der Waals surface area contributed by atoms with Gasteiger partial charge in [-0.05, 0) is 31.2 Å². The third kappa shape index (κ3) is 6.04. The zero-order valence-electron chi connectivity index (χ0n) is 16.9. The predicted octanol–water partition coefficient (Wildman–Crippen LogP) is 1.41. The highest BCUT2D eigenvalue weighted by atomic mass is 16.2. The second kappa shape index (κ2) is 9.05. The molecule has 0 saturated carbocycles. The van der Waals surface area contributed by atoms with E-state index in [0.29, 0.717) is 19.0 Å². The van der Waals surface area contributed by atoms with E-state index in [1.54, 1.807) is 0 Å². The van der Waals surface area contributed by atoms with Gasteiger partial charge in [-0.3, -0.25) is 14.5 Å². The molecule has 1 aromatic heterocycles. The molecule has 1 aliphatic heterocycles. The second-order valence-electron chi connectivity index (χ2n) is 8.07. The van der Waals surface area contributed by atoms with E-state index < -0.39 is 0 Å². The average molecular weight is 363 g/mol. The van der Waals surface area contributed by atoms with Gasteiger partial charge in [0.15, 0.2) is 5.96 Å². The van der Waals surface area contributed by atoms with Gasteiger partial charge in [-0.1, -0.05) is 20.8 Å². The molecule has 0 radical (unpaired) electrons. The molecule has 2 rings (SSSR count). The number of carbonyl (C=O) groups excluding carboxylic acids is 1. The van der Waals surface area contributed by atoms with Gasteiger partial charge in [-0.25, -0.2) is 0 Å². The highest BCUT2D eigenvalue weighted by Gasteiger charge is 2.25. The van der Waals surface area contributed by atoms with Crippen LogP contribution in [0.25, 0.3) is 0 Å². The number of aliphatic imine (C=N–C) groups is 1. The van der Waals surface area contributed by atoms with E-state index in [9.17, 15) is 4.79 Å². The van der Waals surface area contributed by atoms with Crippen LogP contribution in [0, 0.1) is 11.3 Å². The van der Waals surface area contributed by atoms with Gasteiger partial charge in [-0.15, -0.1) is 0 Å². The van der Waals surface area contributed by atoms with Crippen molar-refractivity contribution in [3.63, 3.8) is 0 Å². The Hall–Kier alpha value is -2.05. The van der Waals surface area contributed by atoms with Gasteiger partial charge >= 0.3 is 0 Å². The predicted molar refractivity (Wildman–Crippen MR) is 105 cm³/mol. The van der Waals surface area contributed by atoms with Crippen molar-refractivity contribution in [1.82, 2.24) is 25.3 Å². The first kappa shape index (κ1) is 20.3. The summed E-state index contributed by atoms with van der Waals surface area (Å²) in [7, 11) is 1.96. The SMILES string of the molecule is CCNC(=NCCNC(=O)C(C)(C)C)N1CCC(Cc2cnn(C)c2)C1. The van der Waals surface area contributed by atoms with Gasteiger partial charge in [0.05, 0.1) is 12.7 Å². The summed E-state index contributed by atoms with van der Waals surface area (Å²) >= 11 is 0. The molecule has 2 heterocycles. The quantitative estimate of drug-likeness (QED) is 0.456. The molecule has 1 atom stereocenters. The molecule has 0 bridgehead atoms. The standard InChI is InChI=1S/C19H34N6O/c1-6-20-18(22-9-8-21-17(26)19(2,3)4)25-10-7-15(14-25)11-16-12-23-24(5)13-16/h12-13,15H,6-11,14H2,1-5H3,(H,20,22)(H,21,26). The average Bonchev–Trinajstić information content (AvgIpc) is 3.18. The minimum Gasteiger partial charge on any atom is -0.357 e. The number of hydrogen-bond acceptors (Lipinski definition) is 3. The van der Waals surface area contributed by atoms with Crippen LogP contribution >= 0.6 is 0 Å². The molecule has 1 saturated heterocycles. The minimum atomic E-state index is -0.358. The summed E-state index contributed by atoms with van der Waals surface area (Å²) < 4.78 is 1.86. The molecule has 0 aromatic carbocycles. The summed E-state index contributed by atoms with van der Waals surface area (Å²) in [4.78, 5) is 18.9. The minimum absolute atomic E-state index is 0.0652. The van der Waals surface area contributed by atoms with Crippen LogP contribution in [0.4, 0.5) is 0 Å². The Morgan fingerprint density at radius 1 is 1.38 bits per heavy atom. The van der Waals surface area contributed by atoms with Crippen LogP contribution in [0.3, 0.4) is 0 Å². The molecule has 7 heteroatoms. The molecule has 2 N–H and O–H groups in total. The molecule has 146 valence electrons. The van der Waals surface area contributed by atoms with Crippen LogP contribution < -0.4 is 10.6 Å². The van der Waals surface area contributed by atoms with Crippen LogP contribution in [0.1, 0.15) is 39.7 Å². The van der Waals surface area contributed by atoms with Crippen LogP contribution in [0.5, 0.6) is 0 Å². The lowest BCUT2D eigenvalue weighted by atomic mass is 9.96. The Labute approximate surface area is 157 Å². The van der Waals surface area contributed by atoms with Crippen LogP contribution in [0.2, 0.25) is 0 Å². The zero-order valence-corrected chi connectivity index (χ0v) is 16.9. The number of aryl methyl sites for hydroxylation is 1.